The lowest BCUT2D eigenvalue weighted by atomic mass is 10.2. The predicted octanol–water partition coefficient (Wildman–Crippen LogP) is 0.343. The zero-order chi connectivity index (χ0) is 13.4. The number of unbranched alkanes of at least 4 members (excludes halogenated alkanes) is 2. The van der Waals surface area contributed by atoms with Crippen molar-refractivity contribution >= 4 is 10.0 Å². The van der Waals surface area contributed by atoms with E-state index in [2.05, 4.69) is 17.1 Å². The molecule has 0 aromatic rings. The molecule has 0 aromatic carbocycles. The van der Waals surface area contributed by atoms with E-state index in [0.717, 1.165) is 32.7 Å². The van der Waals surface area contributed by atoms with Gasteiger partial charge in [0.25, 0.3) is 0 Å². The van der Waals surface area contributed by atoms with Gasteiger partial charge in [0.15, 0.2) is 0 Å². The van der Waals surface area contributed by atoms with Crippen molar-refractivity contribution in [2.24, 2.45) is 0 Å². The van der Waals surface area contributed by atoms with Crippen molar-refractivity contribution in [2.45, 2.75) is 26.2 Å². The van der Waals surface area contributed by atoms with Gasteiger partial charge in [0.1, 0.15) is 0 Å². The lowest BCUT2D eigenvalue weighted by Gasteiger charge is -2.33. The van der Waals surface area contributed by atoms with Gasteiger partial charge in [-0.25, -0.2) is 8.42 Å². The van der Waals surface area contributed by atoms with E-state index >= 15 is 0 Å². The van der Waals surface area contributed by atoms with Crippen LogP contribution >= 0.6 is 0 Å². The Bertz CT molecular complexity index is 311. The molecule has 1 aliphatic heterocycles. The molecule has 1 rings (SSSR count). The van der Waals surface area contributed by atoms with E-state index in [1.54, 1.807) is 4.31 Å². The van der Waals surface area contributed by atoms with Gasteiger partial charge in [-0.1, -0.05) is 13.3 Å². The Hall–Kier alpha value is -0.170. The van der Waals surface area contributed by atoms with Crippen LogP contribution in [-0.2, 0) is 10.0 Å². The highest BCUT2D eigenvalue weighted by Gasteiger charge is 2.22. The van der Waals surface area contributed by atoms with Gasteiger partial charge in [0.05, 0.1) is 6.26 Å². The van der Waals surface area contributed by atoms with Crippen molar-refractivity contribution in [1.29, 1.82) is 0 Å². The van der Waals surface area contributed by atoms with Crippen molar-refractivity contribution in [1.82, 2.24) is 14.5 Å². The summed E-state index contributed by atoms with van der Waals surface area (Å²) in [7, 11) is -2.99. The molecule has 1 N–H and O–H groups in total. The summed E-state index contributed by atoms with van der Waals surface area (Å²) in [5, 5.41) is 3.32. The van der Waals surface area contributed by atoms with Crippen LogP contribution in [0.15, 0.2) is 0 Å². The van der Waals surface area contributed by atoms with Gasteiger partial charge in [-0.2, -0.15) is 4.31 Å². The second-order valence-corrected chi connectivity index (χ2v) is 6.90. The zero-order valence-corrected chi connectivity index (χ0v) is 12.5. The minimum Gasteiger partial charge on any atom is -0.317 e. The Balaban J connectivity index is 2.06. The fraction of sp³-hybridized carbons (Fsp3) is 1.00. The third-order valence-corrected chi connectivity index (χ3v) is 4.68. The van der Waals surface area contributed by atoms with Gasteiger partial charge in [0, 0.05) is 26.2 Å². The quantitative estimate of drug-likeness (QED) is 0.650. The average molecular weight is 277 g/mol. The number of sulfonamides is 1. The number of piperazine rings is 1. The summed E-state index contributed by atoms with van der Waals surface area (Å²) >= 11 is 0. The summed E-state index contributed by atoms with van der Waals surface area (Å²) in [5.74, 6) is 0. The van der Waals surface area contributed by atoms with Crippen LogP contribution in [0, 0.1) is 0 Å². The normalized spacial score (nSPS) is 19.2. The fourth-order valence-corrected chi connectivity index (χ4v) is 3.05. The molecular weight excluding hydrogens is 250 g/mol. The number of rotatable bonds is 8. The first-order chi connectivity index (χ1) is 8.54. The molecule has 0 spiro atoms. The number of hydrogen-bond donors (Lipinski definition) is 1. The first kappa shape index (κ1) is 15.9. The second-order valence-electron chi connectivity index (χ2n) is 4.92. The molecule has 0 bridgehead atoms. The fourth-order valence-electron chi connectivity index (χ4n) is 2.22. The Morgan fingerprint density at radius 1 is 1.06 bits per heavy atom. The first-order valence-corrected chi connectivity index (χ1v) is 8.77. The Kier molecular flexibility index (Phi) is 7.14. The molecule has 0 unspecified atom stereocenters. The lowest BCUT2D eigenvalue weighted by Crippen LogP contribution is -2.48. The molecular formula is C12H27N3O2S. The molecule has 108 valence electrons. The number of hydrogen-bond acceptors (Lipinski definition) is 4. The van der Waals surface area contributed by atoms with E-state index < -0.39 is 10.0 Å². The topological polar surface area (TPSA) is 52.6 Å². The van der Waals surface area contributed by atoms with E-state index in [1.165, 1.54) is 25.5 Å². The summed E-state index contributed by atoms with van der Waals surface area (Å²) in [6.07, 6.45) is 4.99. The van der Waals surface area contributed by atoms with E-state index in [9.17, 15) is 8.42 Å². The maximum Gasteiger partial charge on any atom is 0.211 e. The standard InChI is InChI=1S/C12H27N3O2S/c1-3-13-7-5-4-6-8-14-9-11-15(12-10-14)18(2,16)17/h13H,3-12H2,1-2H3. The minimum atomic E-state index is -2.99. The smallest absolute Gasteiger partial charge is 0.211 e. The minimum absolute atomic E-state index is 0.649. The molecule has 0 amide bonds. The maximum atomic E-state index is 11.4. The summed E-state index contributed by atoms with van der Waals surface area (Å²) in [6.45, 7) is 8.43. The van der Waals surface area contributed by atoms with Crippen molar-refractivity contribution in [3.63, 3.8) is 0 Å². The predicted molar refractivity (Wildman–Crippen MR) is 75.3 cm³/mol. The van der Waals surface area contributed by atoms with Crippen LogP contribution in [0.5, 0.6) is 0 Å². The largest absolute Gasteiger partial charge is 0.317 e. The van der Waals surface area contributed by atoms with E-state index in [0.29, 0.717) is 13.1 Å². The van der Waals surface area contributed by atoms with Gasteiger partial charge in [-0.05, 0) is 32.5 Å². The van der Waals surface area contributed by atoms with Gasteiger partial charge in [0.2, 0.25) is 10.0 Å². The average Bonchev–Trinajstić information content (AvgIpc) is 2.33. The molecule has 1 heterocycles. The molecule has 1 aliphatic rings. The van der Waals surface area contributed by atoms with Crippen molar-refractivity contribution < 1.29 is 8.42 Å². The summed E-state index contributed by atoms with van der Waals surface area (Å²) < 4.78 is 24.3. The highest BCUT2D eigenvalue weighted by molar-refractivity contribution is 7.88. The monoisotopic (exact) mass is 277 g/mol. The Labute approximate surface area is 112 Å². The molecule has 0 saturated carbocycles. The van der Waals surface area contributed by atoms with Crippen LogP contribution in [0.3, 0.4) is 0 Å². The van der Waals surface area contributed by atoms with Crippen molar-refractivity contribution in [3.05, 3.63) is 0 Å². The number of nitrogens with one attached hydrogen (secondary N) is 1. The SMILES string of the molecule is CCNCCCCCN1CCN(S(C)(=O)=O)CC1. The van der Waals surface area contributed by atoms with Crippen molar-refractivity contribution in [2.75, 3.05) is 52.1 Å². The Morgan fingerprint density at radius 3 is 2.28 bits per heavy atom. The maximum absolute atomic E-state index is 11.4. The zero-order valence-electron chi connectivity index (χ0n) is 11.7. The van der Waals surface area contributed by atoms with Gasteiger partial charge in [-0.3, -0.25) is 0 Å². The first-order valence-electron chi connectivity index (χ1n) is 6.92. The van der Waals surface area contributed by atoms with E-state index in [-0.39, 0.29) is 0 Å². The summed E-state index contributed by atoms with van der Waals surface area (Å²) in [6, 6.07) is 0. The lowest BCUT2D eigenvalue weighted by molar-refractivity contribution is 0.186. The van der Waals surface area contributed by atoms with Gasteiger partial charge in [-0.15, -0.1) is 0 Å². The van der Waals surface area contributed by atoms with Crippen LogP contribution in [0.4, 0.5) is 0 Å². The third kappa shape index (κ3) is 6.13. The highest BCUT2D eigenvalue weighted by atomic mass is 32.2. The molecule has 6 heteroatoms. The van der Waals surface area contributed by atoms with E-state index in [1.807, 2.05) is 0 Å². The van der Waals surface area contributed by atoms with Crippen LogP contribution in [0.2, 0.25) is 0 Å². The van der Waals surface area contributed by atoms with Crippen molar-refractivity contribution in [3.8, 4) is 0 Å². The molecule has 5 nitrogen and oxygen atoms in total. The number of nitrogens with zero attached hydrogens (tertiary/aromatic N) is 2. The molecule has 0 atom stereocenters. The molecule has 1 fully saturated rings. The van der Waals surface area contributed by atoms with Gasteiger partial charge >= 0.3 is 0 Å². The molecule has 1 saturated heterocycles. The summed E-state index contributed by atoms with van der Waals surface area (Å²) in [5.41, 5.74) is 0. The molecule has 0 radical (unpaired) electrons. The van der Waals surface area contributed by atoms with Gasteiger partial charge < -0.3 is 10.2 Å². The third-order valence-electron chi connectivity index (χ3n) is 3.38. The molecule has 18 heavy (non-hydrogen) atoms. The Morgan fingerprint density at radius 2 is 1.72 bits per heavy atom. The summed E-state index contributed by atoms with van der Waals surface area (Å²) in [4.78, 5) is 2.37. The second kappa shape index (κ2) is 8.09. The highest BCUT2D eigenvalue weighted by Crippen LogP contribution is 2.07. The van der Waals surface area contributed by atoms with Crippen LogP contribution in [0.1, 0.15) is 26.2 Å². The van der Waals surface area contributed by atoms with E-state index in [4.69, 9.17) is 0 Å². The molecule has 0 aliphatic carbocycles. The van der Waals surface area contributed by atoms with Crippen LogP contribution in [-0.4, -0.2) is 69.7 Å². The molecule has 0 aromatic heterocycles. The van der Waals surface area contributed by atoms with Crippen LogP contribution < -0.4 is 5.32 Å². The van der Waals surface area contributed by atoms with Crippen LogP contribution in [0.25, 0.3) is 0 Å².